The summed E-state index contributed by atoms with van der Waals surface area (Å²) in [4.78, 5) is 4.77. The second-order valence-corrected chi connectivity index (χ2v) is 4.85. The monoisotopic (exact) mass is 228 g/mol. The highest BCUT2D eigenvalue weighted by Gasteiger charge is 2.09. The molecule has 2 rings (SSSR count). The van der Waals surface area contributed by atoms with E-state index in [1.54, 1.807) is 0 Å². The lowest BCUT2D eigenvalue weighted by Crippen LogP contribution is -1.99. The predicted octanol–water partition coefficient (Wildman–Crippen LogP) is 3.89. The second-order valence-electron chi connectivity index (χ2n) is 4.85. The van der Waals surface area contributed by atoms with Gasteiger partial charge < -0.3 is 5.73 Å². The number of hydrogen-bond acceptors (Lipinski definition) is 2. The van der Waals surface area contributed by atoms with Gasteiger partial charge in [-0.25, -0.2) is 0 Å². The fourth-order valence-electron chi connectivity index (χ4n) is 2.20. The van der Waals surface area contributed by atoms with Crippen LogP contribution in [0, 0.1) is 0 Å². The molecule has 0 atom stereocenters. The molecule has 0 saturated heterocycles. The zero-order chi connectivity index (χ0) is 12.4. The molecule has 2 aromatic rings. The van der Waals surface area contributed by atoms with E-state index in [0.29, 0.717) is 5.92 Å². The molecule has 1 heterocycles. The summed E-state index contributed by atoms with van der Waals surface area (Å²) < 4.78 is 0. The average molecular weight is 228 g/mol. The van der Waals surface area contributed by atoms with Crippen LogP contribution in [0.2, 0.25) is 0 Å². The van der Waals surface area contributed by atoms with Crippen LogP contribution in [0.4, 0.5) is 5.69 Å². The number of aryl methyl sites for hydroxylation is 1. The molecule has 17 heavy (non-hydrogen) atoms. The number of benzene rings is 1. The van der Waals surface area contributed by atoms with Crippen molar-refractivity contribution in [1.29, 1.82) is 0 Å². The summed E-state index contributed by atoms with van der Waals surface area (Å²) in [5.74, 6) is 0.475. The number of hydrogen-bond donors (Lipinski definition) is 1. The van der Waals surface area contributed by atoms with Gasteiger partial charge in [0, 0.05) is 16.8 Å². The van der Waals surface area contributed by atoms with Crippen LogP contribution in [0.5, 0.6) is 0 Å². The van der Waals surface area contributed by atoms with E-state index in [4.69, 9.17) is 10.7 Å². The quantitative estimate of drug-likeness (QED) is 0.865. The van der Waals surface area contributed by atoms with Crippen LogP contribution < -0.4 is 5.73 Å². The maximum Gasteiger partial charge on any atom is 0.0760 e. The van der Waals surface area contributed by atoms with Crippen LogP contribution >= 0.6 is 0 Å². The maximum absolute atomic E-state index is 6.12. The number of fused-ring (bicyclic) bond motifs is 1. The van der Waals surface area contributed by atoms with Crippen LogP contribution in [0.15, 0.2) is 24.3 Å². The first kappa shape index (κ1) is 11.9. The summed E-state index contributed by atoms with van der Waals surface area (Å²) in [6.45, 7) is 6.55. The lowest BCUT2D eigenvalue weighted by atomic mass is 9.98. The molecule has 0 radical (unpaired) electrons. The number of rotatable bonds is 3. The fourth-order valence-corrected chi connectivity index (χ4v) is 2.20. The minimum absolute atomic E-state index is 0.475. The smallest absolute Gasteiger partial charge is 0.0760 e. The van der Waals surface area contributed by atoms with Crippen molar-refractivity contribution in [1.82, 2.24) is 4.98 Å². The third kappa shape index (κ3) is 2.26. The molecule has 2 N–H and O–H groups in total. The Hall–Kier alpha value is -1.57. The van der Waals surface area contributed by atoms with Crippen molar-refractivity contribution in [3.63, 3.8) is 0 Å². The van der Waals surface area contributed by atoms with Gasteiger partial charge in [0.15, 0.2) is 0 Å². The summed E-state index contributed by atoms with van der Waals surface area (Å²) in [6, 6.07) is 8.28. The molecule has 0 aliphatic heterocycles. The Morgan fingerprint density at radius 3 is 2.71 bits per heavy atom. The molecule has 0 fully saturated rings. The molecule has 2 heteroatoms. The van der Waals surface area contributed by atoms with Crippen molar-refractivity contribution in [2.75, 3.05) is 5.73 Å². The SMILES string of the molecule is CCCc1cc(N)c2cccc(C(C)C)c2n1. The Morgan fingerprint density at radius 1 is 1.29 bits per heavy atom. The van der Waals surface area contributed by atoms with Gasteiger partial charge >= 0.3 is 0 Å². The van der Waals surface area contributed by atoms with E-state index in [-0.39, 0.29) is 0 Å². The van der Waals surface area contributed by atoms with Crippen molar-refractivity contribution in [2.24, 2.45) is 0 Å². The third-order valence-corrected chi connectivity index (χ3v) is 3.08. The van der Waals surface area contributed by atoms with E-state index < -0.39 is 0 Å². The number of nitrogen functional groups attached to an aromatic ring is 1. The minimum Gasteiger partial charge on any atom is -0.398 e. The van der Waals surface area contributed by atoms with Gasteiger partial charge in [0.1, 0.15) is 0 Å². The Balaban J connectivity index is 2.69. The number of nitrogens with two attached hydrogens (primary N) is 1. The zero-order valence-electron chi connectivity index (χ0n) is 10.8. The van der Waals surface area contributed by atoms with Gasteiger partial charge in [0.2, 0.25) is 0 Å². The van der Waals surface area contributed by atoms with Crippen LogP contribution in [0.25, 0.3) is 10.9 Å². The molecular weight excluding hydrogens is 208 g/mol. The molecule has 1 aromatic carbocycles. The van der Waals surface area contributed by atoms with E-state index in [2.05, 4.69) is 39.0 Å². The number of anilines is 1. The molecule has 0 bridgehead atoms. The molecular formula is C15H20N2. The standard InChI is InChI=1S/C15H20N2/c1-4-6-11-9-14(16)13-8-5-7-12(10(2)3)15(13)17-11/h5,7-10H,4,6H2,1-3H3,(H2,16,17). The van der Waals surface area contributed by atoms with Crippen molar-refractivity contribution < 1.29 is 0 Å². The van der Waals surface area contributed by atoms with E-state index in [1.807, 2.05) is 6.07 Å². The van der Waals surface area contributed by atoms with Crippen LogP contribution in [0.3, 0.4) is 0 Å². The Bertz CT molecular complexity index is 530. The second kappa shape index (κ2) is 4.74. The first-order chi connectivity index (χ1) is 8.13. The molecule has 1 aromatic heterocycles. The van der Waals surface area contributed by atoms with Gasteiger partial charge in [-0.3, -0.25) is 4.98 Å². The van der Waals surface area contributed by atoms with Gasteiger partial charge in [-0.1, -0.05) is 45.4 Å². The molecule has 0 spiro atoms. The summed E-state index contributed by atoms with van der Waals surface area (Å²) in [6.07, 6.45) is 2.09. The molecule has 0 aliphatic carbocycles. The third-order valence-electron chi connectivity index (χ3n) is 3.08. The summed E-state index contributed by atoms with van der Waals surface area (Å²) >= 11 is 0. The maximum atomic E-state index is 6.12. The first-order valence-electron chi connectivity index (χ1n) is 6.31. The van der Waals surface area contributed by atoms with Crippen molar-refractivity contribution in [2.45, 2.75) is 39.5 Å². The number of nitrogens with zero attached hydrogens (tertiary/aromatic N) is 1. The number of aromatic nitrogens is 1. The largest absolute Gasteiger partial charge is 0.398 e. The average Bonchev–Trinajstić information content (AvgIpc) is 2.28. The number of para-hydroxylation sites is 1. The first-order valence-corrected chi connectivity index (χ1v) is 6.31. The van der Waals surface area contributed by atoms with E-state index in [9.17, 15) is 0 Å². The molecule has 0 saturated carbocycles. The minimum atomic E-state index is 0.475. The molecule has 90 valence electrons. The van der Waals surface area contributed by atoms with Gasteiger partial charge in [-0.05, 0) is 24.0 Å². The van der Waals surface area contributed by atoms with E-state index in [1.165, 1.54) is 5.56 Å². The Morgan fingerprint density at radius 2 is 2.06 bits per heavy atom. The summed E-state index contributed by atoms with van der Waals surface area (Å²) in [5, 5.41) is 1.08. The zero-order valence-corrected chi connectivity index (χ0v) is 10.8. The fraction of sp³-hybridized carbons (Fsp3) is 0.400. The molecule has 0 amide bonds. The Kier molecular flexibility index (Phi) is 3.32. The van der Waals surface area contributed by atoms with Crippen LogP contribution in [0.1, 0.15) is 44.4 Å². The van der Waals surface area contributed by atoms with Gasteiger partial charge in [0.25, 0.3) is 0 Å². The summed E-state index contributed by atoms with van der Waals surface area (Å²) in [5.41, 5.74) is 10.4. The highest BCUT2D eigenvalue weighted by atomic mass is 14.7. The molecule has 0 unspecified atom stereocenters. The van der Waals surface area contributed by atoms with E-state index >= 15 is 0 Å². The van der Waals surface area contributed by atoms with E-state index in [0.717, 1.165) is 35.1 Å². The summed E-state index contributed by atoms with van der Waals surface area (Å²) in [7, 11) is 0. The highest BCUT2D eigenvalue weighted by molar-refractivity contribution is 5.92. The Labute approximate surface area is 103 Å². The molecule has 0 aliphatic rings. The van der Waals surface area contributed by atoms with Crippen molar-refractivity contribution in [3.8, 4) is 0 Å². The van der Waals surface area contributed by atoms with Crippen LogP contribution in [-0.2, 0) is 6.42 Å². The normalized spacial score (nSPS) is 11.3. The van der Waals surface area contributed by atoms with Crippen molar-refractivity contribution in [3.05, 3.63) is 35.5 Å². The lowest BCUT2D eigenvalue weighted by molar-refractivity contribution is 0.862. The lowest BCUT2D eigenvalue weighted by Gasteiger charge is -2.12. The van der Waals surface area contributed by atoms with Crippen molar-refractivity contribution >= 4 is 16.6 Å². The topological polar surface area (TPSA) is 38.9 Å². The van der Waals surface area contributed by atoms with Crippen LogP contribution in [-0.4, -0.2) is 4.98 Å². The van der Waals surface area contributed by atoms with Gasteiger partial charge in [-0.2, -0.15) is 0 Å². The molecule has 2 nitrogen and oxygen atoms in total. The highest BCUT2D eigenvalue weighted by Crippen LogP contribution is 2.28. The predicted molar refractivity (Wildman–Crippen MR) is 74.2 cm³/mol. The number of pyridine rings is 1. The van der Waals surface area contributed by atoms with Gasteiger partial charge in [0.05, 0.1) is 5.52 Å². The van der Waals surface area contributed by atoms with Gasteiger partial charge in [-0.15, -0.1) is 0 Å².